The van der Waals surface area contributed by atoms with Crippen molar-refractivity contribution in [3.8, 4) is 0 Å². The SMILES string of the molecule is COC1=CSN(c2cccnc2)C=C1C1=C(C2=CN(c3cccnc3)SC=C2OC)C(F)(F)C(F)(F)C1(F)F. The van der Waals surface area contributed by atoms with E-state index in [2.05, 4.69) is 9.97 Å². The van der Waals surface area contributed by atoms with E-state index in [9.17, 15) is 0 Å². The average Bonchev–Trinajstić information content (AvgIpc) is 3.06. The number of hydrogen-bond acceptors (Lipinski definition) is 8. The molecule has 0 spiro atoms. The molecule has 0 aromatic carbocycles. The van der Waals surface area contributed by atoms with Gasteiger partial charge < -0.3 is 9.47 Å². The molecule has 4 heterocycles. The molecule has 2 aromatic rings. The number of methoxy groups -OCH3 is 2. The molecule has 14 heteroatoms. The van der Waals surface area contributed by atoms with Crippen LogP contribution in [0.5, 0.6) is 0 Å². The highest BCUT2D eigenvalue weighted by molar-refractivity contribution is 8.03. The third-order valence-electron chi connectivity index (χ3n) is 6.02. The molecule has 39 heavy (non-hydrogen) atoms. The topological polar surface area (TPSA) is 50.7 Å². The molecule has 0 unspecified atom stereocenters. The first kappa shape index (κ1) is 27.1. The van der Waals surface area contributed by atoms with Crippen LogP contribution in [0.3, 0.4) is 0 Å². The normalized spacial score (nSPS) is 21.6. The van der Waals surface area contributed by atoms with E-state index in [1.165, 1.54) is 44.2 Å². The zero-order valence-corrected chi connectivity index (χ0v) is 21.8. The van der Waals surface area contributed by atoms with Gasteiger partial charge in [-0.25, -0.2) is 0 Å². The van der Waals surface area contributed by atoms with E-state index in [0.29, 0.717) is 11.4 Å². The highest BCUT2D eigenvalue weighted by Gasteiger charge is 2.81. The maximum atomic E-state index is 15.6. The molecular weight excluding hydrogens is 566 g/mol. The molecule has 3 aliphatic rings. The number of pyridine rings is 2. The van der Waals surface area contributed by atoms with Gasteiger partial charge in [-0.1, -0.05) is 0 Å². The van der Waals surface area contributed by atoms with Crippen LogP contribution >= 0.6 is 23.9 Å². The zero-order valence-electron chi connectivity index (χ0n) is 20.1. The Balaban J connectivity index is 1.78. The summed E-state index contributed by atoms with van der Waals surface area (Å²) in [6.45, 7) is 0. The van der Waals surface area contributed by atoms with Crippen molar-refractivity contribution in [2.45, 2.75) is 17.8 Å². The summed E-state index contributed by atoms with van der Waals surface area (Å²) in [5.41, 5.74) is -3.65. The number of halogens is 6. The minimum Gasteiger partial charge on any atom is -0.495 e. The predicted octanol–water partition coefficient (Wildman–Crippen LogP) is 7.07. The fourth-order valence-electron chi connectivity index (χ4n) is 4.12. The van der Waals surface area contributed by atoms with Crippen LogP contribution in [0.2, 0.25) is 0 Å². The smallest absolute Gasteiger partial charge is 0.380 e. The Morgan fingerprint density at radius 1 is 0.692 bits per heavy atom. The highest BCUT2D eigenvalue weighted by Crippen LogP contribution is 2.64. The van der Waals surface area contributed by atoms with Gasteiger partial charge in [0.25, 0.3) is 0 Å². The summed E-state index contributed by atoms with van der Waals surface area (Å²) >= 11 is 1.94. The summed E-state index contributed by atoms with van der Waals surface area (Å²) < 4.78 is 106. The Hall–Kier alpha value is -3.52. The van der Waals surface area contributed by atoms with Gasteiger partial charge in [0.05, 0.1) is 49.1 Å². The van der Waals surface area contributed by atoms with Gasteiger partial charge in [0.1, 0.15) is 11.5 Å². The fourth-order valence-corrected chi connectivity index (χ4v) is 5.78. The number of ether oxygens (including phenoxy) is 2. The molecule has 0 bridgehead atoms. The van der Waals surface area contributed by atoms with Crippen molar-refractivity contribution in [2.75, 3.05) is 22.8 Å². The van der Waals surface area contributed by atoms with Crippen LogP contribution in [0, 0.1) is 0 Å². The van der Waals surface area contributed by atoms with Crippen molar-refractivity contribution < 1.29 is 35.8 Å². The third kappa shape index (κ3) is 4.25. The molecular formula is C25H18F6N4O2S2. The first-order chi connectivity index (χ1) is 18.5. The van der Waals surface area contributed by atoms with Gasteiger partial charge in [0, 0.05) is 46.8 Å². The van der Waals surface area contributed by atoms with Crippen LogP contribution in [-0.4, -0.2) is 42.0 Å². The van der Waals surface area contributed by atoms with Crippen molar-refractivity contribution in [1.82, 2.24) is 9.97 Å². The summed E-state index contributed by atoms with van der Waals surface area (Å²) in [5.74, 6) is -16.9. The number of nitrogens with zero attached hydrogens (tertiary/aromatic N) is 4. The van der Waals surface area contributed by atoms with E-state index in [0.717, 1.165) is 50.5 Å². The molecule has 0 saturated heterocycles. The van der Waals surface area contributed by atoms with Crippen molar-refractivity contribution in [2.24, 2.45) is 0 Å². The molecule has 0 radical (unpaired) electrons. The van der Waals surface area contributed by atoms with Gasteiger partial charge in [0.2, 0.25) is 0 Å². The number of aromatic nitrogens is 2. The lowest BCUT2D eigenvalue weighted by molar-refractivity contribution is -0.264. The second-order valence-corrected chi connectivity index (χ2v) is 9.90. The van der Waals surface area contributed by atoms with Crippen molar-refractivity contribution in [3.63, 3.8) is 0 Å². The molecule has 6 nitrogen and oxygen atoms in total. The monoisotopic (exact) mass is 584 g/mol. The van der Waals surface area contributed by atoms with Crippen LogP contribution in [0.25, 0.3) is 0 Å². The first-order valence-corrected chi connectivity index (χ1v) is 12.8. The van der Waals surface area contributed by atoms with E-state index >= 15 is 26.3 Å². The van der Waals surface area contributed by atoms with Crippen LogP contribution in [0.4, 0.5) is 37.7 Å². The van der Waals surface area contributed by atoms with Crippen LogP contribution in [0.15, 0.2) is 106 Å². The highest BCUT2D eigenvalue weighted by atomic mass is 32.2. The van der Waals surface area contributed by atoms with Crippen molar-refractivity contribution in [3.05, 3.63) is 106 Å². The Labute approximate surface area is 227 Å². The zero-order chi connectivity index (χ0) is 28.0. The third-order valence-corrected chi connectivity index (χ3v) is 7.74. The van der Waals surface area contributed by atoms with E-state index < -0.39 is 40.1 Å². The van der Waals surface area contributed by atoms with E-state index in [1.54, 1.807) is 24.3 Å². The van der Waals surface area contributed by atoms with E-state index in [1.807, 2.05) is 0 Å². The Kier molecular flexibility index (Phi) is 6.87. The van der Waals surface area contributed by atoms with Gasteiger partial charge in [-0.05, 0) is 48.2 Å². The number of hydrogen-bond donors (Lipinski definition) is 0. The lowest BCUT2D eigenvalue weighted by atomic mass is 9.93. The minimum atomic E-state index is -5.77. The number of allylic oxidation sites excluding steroid dienone is 2. The lowest BCUT2D eigenvalue weighted by Gasteiger charge is -2.29. The van der Waals surface area contributed by atoms with E-state index in [4.69, 9.17) is 9.47 Å². The predicted molar refractivity (Wildman–Crippen MR) is 137 cm³/mol. The summed E-state index contributed by atoms with van der Waals surface area (Å²) in [5, 5.41) is 2.52. The molecule has 204 valence electrons. The van der Waals surface area contributed by atoms with Crippen molar-refractivity contribution in [1.29, 1.82) is 0 Å². The van der Waals surface area contributed by atoms with Crippen LogP contribution in [-0.2, 0) is 9.47 Å². The second kappa shape index (κ2) is 9.90. The first-order valence-electron chi connectivity index (χ1n) is 11.1. The standard InChI is InChI=1S/C25H18F6N4O2S2/c1-36-19-13-38-34(15-5-3-7-32-9-15)11-17(19)21-22(24(28,29)25(30,31)23(21,26)27)18-12-35(39-14-20(18)37-2)16-6-4-8-33-10-16/h3-14H,1-2H3. The summed E-state index contributed by atoms with van der Waals surface area (Å²) in [6, 6.07) is 6.32. The quantitative estimate of drug-likeness (QED) is 0.264. The molecule has 0 N–H and O–H groups in total. The maximum Gasteiger partial charge on any atom is 0.380 e. The number of rotatable bonds is 6. The molecule has 2 aliphatic heterocycles. The number of anilines is 2. The van der Waals surface area contributed by atoms with Gasteiger partial charge >= 0.3 is 17.8 Å². The summed E-state index contributed by atoms with van der Waals surface area (Å²) in [4.78, 5) is 7.92. The van der Waals surface area contributed by atoms with Crippen LogP contribution < -0.4 is 8.61 Å². The Morgan fingerprint density at radius 2 is 1.10 bits per heavy atom. The second-order valence-electron chi connectivity index (χ2n) is 8.22. The van der Waals surface area contributed by atoms with Gasteiger partial charge in [-0.15, -0.1) is 0 Å². The lowest BCUT2D eigenvalue weighted by Crippen LogP contribution is -2.49. The summed E-state index contributed by atoms with van der Waals surface area (Å²) in [6.07, 6.45) is 7.86. The largest absolute Gasteiger partial charge is 0.495 e. The molecule has 1 aliphatic carbocycles. The Morgan fingerprint density at radius 3 is 1.44 bits per heavy atom. The Bertz CT molecular complexity index is 1320. The number of alkyl halides is 6. The summed E-state index contributed by atoms with van der Waals surface area (Å²) in [7, 11) is 2.26. The van der Waals surface area contributed by atoms with Crippen LogP contribution in [0.1, 0.15) is 0 Å². The van der Waals surface area contributed by atoms with Gasteiger partial charge in [-0.3, -0.25) is 18.6 Å². The average molecular weight is 585 g/mol. The molecule has 0 atom stereocenters. The molecule has 0 saturated carbocycles. The maximum absolute atomic E-state index is 15.6. The molecule has 0 amide bonds. The molecule has 2 aromatic heterocycles. The molecule has 0 fully saturated rings. The van der Waals surface area contributed by atoms with Crippen molar-refractivity contribution >= 4 is 35.3 Å². The van der Waals surface area contributed by atoms with Gasteiger partial charge in [0.15, 0.2) is 0 Å². The molecule has 5 rings (SSSR count). The fraction of sp³-hybridized carbons (Fsp3) is 0.200. The van der Waals surface area contributed by atoms with E-state index in [-0.39, 0.29) is 11.5 Å². The minimum absolute atomic E-state index is 0.293. The van der Waals surface area contributed by atoms with Gasteiger partial charge in [-0.2, -0.15) is 26.3 Å².